The van der Waals surface area contributed by atoms with Gasteiger partial charge in [0, 0.05) is 0 Å². The summed E-state index contributed by atoms with van der Waals surface area (Å²) in [7, 11) is 0. The number of rotatable bonds is 0. The van der Waals surface area contributed by atoms with Gasteiger partial charge in [-0.2, -0.15) is 0 Å². The standard InChI is InChI=1S/ClH.HIO3.Na.H/c;2-1(3)4;;/h1H;2H;;. The van der Waals surface area contributed by atoms with Crippen molar-refractivity contribution in [3.63, 3.8) is 0 Å². The maximum atomic E-state index is 8.68. The van der Waals surface area contributed by atoms with Gasteiger partial charge in [0.25, 0.3) is 0 Å². The zero-order valence-electron chi connectivity index (χ0n) is 2.05. The van der Waals surface area contributed by atoms with Crippen LogP contribution in [-0.2, 0) is 0 Å². The molecule has 0 saturated carbocycles. The van der Waals surface area contributed by atoms with E-state index in [1.807, 2.05) is 0 Å². The molecule has 0 saturated heterocycles. The summed E-state index contributed by atoms with van der Waals surface area (Å²) in [5.41, 5.74) is 0. The van der Waals surface area contributed by atoms with Crippen molar-refractivity contribution in [2.45, 2.75) is 0 Å². The van der Waals surface area contributed by atoms with Crippen LogP contribution in [-0.4, -0.2) is 33.0 Å². The second-order valence-corrected chi connectivity index (χ2v) is 1.35. The molecule has 0 rings (SSSR count). The number of hydrogen-bond acceptors (Lipinski definition) is 3. The van der Waals surface area contributed by atoms with Gasteiger partial charge in [0.05, 0.1) is 0 Å². The Morgan fingerprint density at radius 3 is 1.33 bits per heavy atom. The Kier molecular flexibility index (Phi) is 26.1. The first kappa shape index (κ1) is 15.7. The average Bonchev–Trinajstić information content (AvgIpc) is 0.811. The summed E-state index contributed by atoms with van der Waals surface area (Å²) in [6.45, 7) is 0. The van der Waals surface area contributed by atoms with E-state index >= 15 is 0 Å². The van der Waals surface area contributed by atoms with E-state index in [4.69, 9.17) is 10.3 Å². The summed E-state index contributed by atoms with van der Waals surface area (Å²) in [5.74, 6) is 0. The summed E-state index contributed by atoms with van der Waals surface area (Å²) in [6, 6.07) is 0. The molecule has 0 radical (unpaired) electrons. The van der Waals surface area contributed by atoms with E-state index in [1.165, 1.54) is 0 Å². The number of halogens is 2. The van der Waals surface area contributed by atoms with Crippen molar-refractivity contribution < 1.29 is 31.4 Å². The first-order chi connectivity index (χ1) is 1.73. The van der Waals surface area contributed by atoms with Gasteiger partial charge < -0.3 is 6.87 Å². The van der Waals surface area contributed by atoms with Crippen LogP contribution in [0.25, 0.3) is 0 Å². The topological polar surface area (TPSA) is 66.3 Å². The molecule has 0 aliphatic rings. The molecule has 0 heterocycles. The summed E-state index contributed by atoms with van der Waals surface area (Å²) in [6.07, 6.45) is 0. The Hall–Kier alpha value is 1.90. The molecule has 0 fully saturated rings. The smallest absolute Gasteiger partial charge is 0.396 e. The molecule has 0 aromatic carbocycles. The van der Waals surface area contributed by atoms with Crippen molar-refractivity contribution >= 4 is 42.0 Å². The molecule has 0 aromatic heterocycles. The third kappa shape index (κ3) is 39.2. The third-order valence-corrected chi connectivity index (χ3v) is 0. The van der Waals surface area contributed by atoms with Gasteiger partial charge in [-0.3, -0.25) is 0 Å². The summed E-state index contributed by atoms with van der Waals surface area (Å²) in [5, 5.41) is 0. The second-order valence-electron chi connectivity index (χ2n) is 0.201. The molecule has 0 amide bonds. The third-order valence-electron chi connectivity index (χ3n) is 0. The first-order valence-electron chi connectivity index (χ1n) is 0.478. The summed E-state index contributed by atoms with van der Waals surface area (Å²) < 4.78 is 24.5. The van der Waals surface area contributed by atoms with Crippen LogP contribution in [0.4, 0.5) is 0 Å². The maximum Gasteiger partial charge on any atom is 0.503 e. The van der Waals surface area contributed by atoms with E-state index in [2.05, 4.69) is 0 Å². The average molecular weight is 236 g/mol. The van der Waals surface area contributed by atoms with E-state index < -0.39 is 21.1 Å². The first-order valence-corrected chi connectivity index (χ1v) is 3.20. The summed E-state index contributed by atoms with van der Waals surface area (Å²) in [4.78, 5) is 0. The van der Waals surface area contributed by atoms with Gasteiger partial charge >= 0.3 is 50.6 Å². The van der Waals surface area contributed by atoms with E-state index in [1.54, 1.807) is 0 Å². The quantitative estimate of drug-likeness (QED) is 0.336. The molecule has 0 aromatic rings. The predicted octanol–water partition coefficient (Wildman–Crippen LogP) is -6.16. The molecule has 0 aliphatic carbocycles. The molecule has 0 bridgehead atoms. The van der Waals surface area contributed by atoms with Crippen molar-refractivity contribution in [1.82, 2.24) is 0 Å². The van der Waals surface area contributed by atoms with Gasteiger partial charge in [-0.15, -0.1) is 12.4 Å². The molecule has 0 aliphatic heterocycles. The Morgan fingerprint density at radius 1 is 1.33 bits per heavy atom. The molecule has 3 nitrogen and oxygen atoms in total. The molecule has 1 N–H and O–H groups in total. The minimum Gasteiger partial charge on any atom is -0.396 e. The monoisotopic (exact) mass is 236 g/mol. The van der Waals surface area contributed by atoms with Crippen LogP contribution >= 0.6 is 12.4 Å². The van der Waals surface area contributed by atoms with Crippen molar-refractivity contribution in [3.8, 4) is 0 Å². The molecule has 6 heteroatoms. The van der Waals surface area contributed by atoms with E-state index in [-0.39, 0.29) is 42.0 Å². The Labute approximate surface area is 72.5 Å². The van der Waals surface area contributed by atoms with Crippen LogP contribution in [0.3, 0.4) is 0 Å². The van der Waals surface area contributed by atoms with Gasteiger partial charge in [-0.05, 0) is 3.44 Å². The fourth-order valence-electron chi connectivity index (χ4n) is 0. The normalized spacial score (nSPS) is 6.00. The van der Waals surface area contributed by atoms with Crippen LogP contribution < -0.4 is 27.9 Å². The molecule has 0 spiro atoms. The molecule has 0 atom stereocenters. The zero-order valence-corrected chi connectivity index (χ0v) is 5.02. The van der Waals surface area contributed by atoms with E-state index in [0.717, 1.165) is 0 Å². The van der Waals surface area contributed by atoms with Crippen LogP contribution in [0.1, 0.15) is 0 Å². The van der Waals surface area contributed by atoms with Gasteiger partial charge in [-0.1, -0.05) is 0 Å². The fraction of sp³-hybridized carbons (Fsp3) is 0. The molecular formula is H3ClINaO3. The SMILES string of the molecule is Cl.[NaH].[O-][I+2]([O-])O. The second kappa shape index (κ2) is 10.0. The minimum absolute atomic E-state index is 0. The van der Waals surface area contributed by atoms with Crippen molar-refractivity contribution in [1.29, 1.82) is 0 Å². The fourth-order valence-corrected chi connectivity index (χ4v) is 0. The van der Waals surface area contributed by atoms with Crippen LogP contribution in [0.15, 0.2) is 0 Å². The molecule has 6 heavy (non-hydrogen) atoms. The van der Waals surface area contributed by atoms with E-state index in [9.17, 15) is 0 Å². The van der Waals surface area contributed by atoms with Gasteiger partial charge in [-0.25, -0.2) is 0 Å². The van der Waals surface area contributed by atoms with E-state index in [0.29, 0.717) is 0 Å². The maximum absolute atomic E-state index is 8.68. The van der Waals surface area contributed by atoms with Gasteiger partial charge in [0.2, 0.25) is 0 Å². The molecular weight excluding hydrogens is 233 g/mol. The molecule has 36 valence electrons. The van der Waals surface area contributed by atoms with Crippen LogP contribution in [0.5, 0.6) is 0 Å². The van der Waals surface area contributed by atoms with Crippen molar-refractivity contribution in [3.05, 3.63) is 0 Å². The van der Waals surface area contributed by atoms with Crippen LogP contribution in [0, 0.1) is 0 Å². The summed E-state index contributed by atoms with van der Waals surface area (Å²) >= 11 is -3.76. The van der Waals surface area contributed by atoms with Crippen LogP contribution in [0.2, 0.25) is 0 Å². The molecule has 0 unspecified atom stereocenters. The van der Waals surface area contributed by atoms with Crippen molar-refractivity contribution in [2.24, 2.45) is 0 Å². The number of hydrogen-bond donors (Lipinski definition) is 1. The van der Waals surface area contributed by atoms with Gasteiger partial charge in [0.15, 0.2) is 0 Å². The predicted molar refractivity (Wildman–Crippen MR) is 16.6 cm³/mol. The zero-order chi connectivity index (χ0) is 3.58. The van der Waals surface area contributed by atoms with Gasteiger partial charge in [0.1, 0.15) is 0 Å². The Morgan fingerprint density at radius 2 is 1.33 bits per heavy atom. The van der Waals surface area contributed by atoms with Crippen molar-refractivity contribution in [2.75, 3.05) is 0 Å². The Bertz CT molecular complexity index is 15.5. The minimum atomic E-state index is -3.76. The Balaban J connectivity index is -0.0000000450. The largest absolute Gasteiger partial charge is 0.503 e.